The maximum Gasteiger partial charge on any atom is 0.258 e. The van der Waals surface area contributed by atoms with Gasteiger partial charge in [-0.15, -0.1) is 0 Å². The lowest BCUT2D eigenvalue weighted by Crippen LogP contribution is -2.57. The predicted molar refractivity (Wildman–Crippen MR) is 104 cm³/mol. The summed E-state index contributed by atoms with van der Waals surface area (Å²) in [5.41, 5.74) is 2.22. The summed E-state index contributed by atoms with van der Waals surface area (Å²) >= 11 is 0. The van der Waals surface area contributed by atoms with Crippen LogP contribution < -0.4 is 9.80 Å². The van der Waals surface area contributed by atoms with Crippen molar-refractivity contribution >= 4 is 22.7 Å². The first kappa shape index (κ1) is 18.1. The molecular formula is C19H22F2N8. The van der Waals surface area contributed by atoms with Crippen molar-refractivity contribution in [1.82, 2.24) is 29.7 Å². The maximum absolute atomic E-state index is 12.8. The molecule has 0 amide bonds. The van der Waals surface area contributed by atoms with E-state index in [1.807, 2.05) is 19.3 Å². The summed E-state index contributed by atoms with van der Waals surface area (Å²) in [7, 11) is 0. The Bertz CT molecular complexity index is 1010. The summed E-state index contributed by atoms with van der Waals surface area (Å²) in [4.78, 5) is 22.2. The van der Waals surface area contributed by atoms with E-state index < -0.39 is 13.0 Å². The van der Waals surface area contributed by atoms with E-state index in [1.165, 1.54) is 10.9 Å². The van der Waals surface area contributed by atoms with Crippen LogP contribution in [-0.4, -0.2) is 62.3 Å². The highest BCUT2D eigenvalue weighted by molar-refractivity contribution is 5.71. The summed E-state index contributed by atoms with van der Waals surface area (Å²) in [6.45, 7) is 5.23. The van der Waals surface area contributed by atoms with E-state index in [-0.39, 0.29) is 5.41 Å². The molecule has 5 rings (SSSR count). The third-order valence-corrected chi connectivity index (χ3v) is 5.83. The number of fused-ring (bicyclic) bond motifs is 1. The molecule has 5 heterocycles. The zero-order valence-electron chi connectivity index (χ0n) is 16.2. The fourth-order valence-corrected chi connectivity index (χ4v) is 4.29. The van der Waals surface area contributed by atoms with Crippen molar-refractivity contribution in [2.45, 2.75) is 32.7 Å². The van der Waals surface area contributed by atoms with Gasteiger partial charge in [-0.25, -0.2) is 33.4 Å². The second-order valence-electron chi connectivity index (χ2n) is 7.89. The Morgan fingerprint density at radius 1 is 1.03 bits per heavy atom. The van der Waals surface area contributed by atoms with E-state index in [2.05, 4.69) is 34.8 Å². The van der Waals surface area contributed by atoms with Gasteiger partial charge in [0.25, 0.3) is 6.43 Å². The number of halogens is 2. The maximum atomic E-state index is 12.8. The smallest absolute Gasteiger partial charge is 0.258 e. The third kappa shape index (κ3) is 3.26. The summed E-state index contributed by atoms with van der Waals surface area (Å²) in [5.74, 6) is 1.58. The van der Waals surface area contributed by atoms with Gasteiger partial charge in [-0.1, -0.05) is 6.92 Å². The average Bonchev–Trinajstić information content (AvgIpc) is 3.31. The Kier molecular flexibility index (Phi) is 4.29. The molecule has 0 bridgehead atoms. The van der Waals surface area contributed by atoms with Crippen LogP contribution in [0.2, 0.25) is 0 Å². The number of hydrogen-bond acceptors (Lipinski definition) is 7. The number of rotatable bonds is 5. The van der Waals surface area contributed by atoms with Gasteiger partial charge >= 0.3 is 0 Å². The first-order valence-electron chi connectivity index (χ1n) is 9.83. The van der Waals surface area contributed by atoms with Crippen molar-refractivity contribution in [1.29, 1.82) is 0 Å². The number of alkyl halides is 2. The zero-order chi connectivity index (χ0) is 20.0. The molecular weight excluding hydrogens is 378 g/mol. The van der Waals surface area contributed by atoms with Gasteiger partial charge in [0.1, 0.15) is 23.7 Å². The average molecular weight is 400 g/mol. The van der Waals surface area contributed by atoms with Crippen molar-refractivity contribution in [3.8, 4) is 0 Å². The van der Waals surface area contributed by atoms with Crippen LogP contribution in [0.5, 0.6) is 0 Å². The van der Waals surface area contributed by atoms with Crippen LogP contribution in [0.15, 0.2) is 24.8 Å². The van der Waals surface area contributed by atoms with E-state index in [9.17, 15) is 8.78 Å². The van der Waals surface area contributed by atoms with Crippen molar-refractivity contribution in [3.63, 3.8) is 0 Å². The molecule has 0 saturated carbocycles. The highest BCUT2D eigenvalue weighted by Gasteiger charge is 2.48. The fraction of sp³-hybridized carbons (Fsp3) is 0.526. The number of aryl methyl sites for hydroxylation is 1. The van der Waals surface area contributed by atoms with Gasteiger partial charge in [0.2, 0.25) is 0 Å². The molecule has 8 nitrogen and oxygen atoms in total. The number of anilines is 2. The lowest BCUT2D eigenvalue weighted by Gasteiger charge is -2.49. The standard InChI is InChI=1S/C19H22F2N8/c1-2-16-23-5-13(6-24-16)28-11-19(12-28)3-4-27(10-19)17-8-22-14-7-25-29(9-15(20)21)18(14)26-17/h5-8,15H,2-4,9-12H2,1H3. The van der Waals surface area contributed by atoms with Gasteiger partial charge in [-0.05, 0) is 6.42 Å². The SMILES string of the molecule is CCc1ncc(N2CC3(CCN(c4cnc5cnn(CC(F)F)c5n4)C3)C2)cn1. The highest BCUT2D eigenvalue weighted by Crippen LogP contribution is 2.42. The first-order valence-corrected chi connectivity index (χ1v) is 9.83. The molecule has 2 aliphatic rings. The van der Waals surface area contributed by atoms with Crippen LogP contribution in [0.3, 0.4) is 0 Å². The molecule has 1 spiro atoms. The molecule has 152 valence electrons. The van der Waals surface area contributed by atoms with Crippen LogP contribution in [0.1, 0.15) is 19.2 Å². The van der Waals surface area contributed by atoms with Crippen LogP contribution in [0, 0.1) is 5.41 Å². The normalized spacial score (nSPS) is 18.2. The highest BCUT2D eigenvalue weighted by atomic mass is 19.3. The Labute approximate surface area is 166 Å². The van der Waals surface area contributed by atoms with Crippen molar-refractivity contribution in [3.05, 3.63) is 30.6 Å². The van der Waals surface area contributed by atoms with E-state index in [0.717, 1.165) is 56.4 Å². The predicted octanol–water partition coefficient (Wildman–Crippen LogP) is 2.16. The molecule has 3 aromatic heterocycles. The lowest BCUT2D eigenvalue weighted by atomic mass is 9.79. The Morgan fingerprint density at radius 2 is 1.79 bits per heavy atom. The van der Waals surface area contributed by atoms with Gasteiger partial charge in [0, 0.05) is 38.0 Å². The minimum absolute atomic E-state index is 0.212. The molecule has 29 heavy (non-hydrogen) atoms. The topological polar surface area (TPSA) is 75.9 Å². The van der Waals surface area contributed by atoms with Crippen LogP contribution >= 0.6 is 0 Å². The van der Waals surface area contributed by atoms with Gasteiger partial charge in [-0.2, -0.15) is 5.10 Å². The van der Waals surface area contributed by atoms with Gasteiger partial charge in [-0.3, -0.25) is 0 Å². The molecule has 3 aromatic rings. The van der Waals surface area contributed by atoms with Crippen molar-refractivity contribution in [2.75, 3.05) is 36.0 Å². The Balaban J connectivity index is 1.28. The van der Waals surface area contributed by atoms with Crippen molar-refractivity contribution in [2.24, 2.45) is 5.41 Å². The lowest BCUT2D eigenvalue weighted by molar-refractivity contribution is 0.123. The summed E-state index contributed by atoms with van der Waals surface area (Å²) in [5, 5.41) is 3.99. The summed E-state index contributed by atoms with van der Waals surface area (Å²) in [6.07, 6.45) is 6.41. The Hall–Kier alpha value is -2.91. The van der Waals surface area contributed by atoms with Gasteiger partial charge in [0.05, 0.1) is 30.5 Å². The Morgan fingerprint density at radius 3 is 2.52 bits per heavy atom. The number of aromatic nitrogens is 6. The monoisotopic (exact) mass is 400 g/mol. The summed E-state index contributed by atoms with van der Waals surface area (Å²) in [6, 6.07) is 0. The molecule has 2 aliphatic heterocycles. The van der Waals surface area contributed by atoms with E-state index >= 15 is 0 Å². The molecule has 0 atom stereocenters. The fourth-order valence-electron chi connectivity index (χ4n) is 4.29. The van der Waals surface area contributed by atoms with Crippen LogP contribution in [0.4, 0.5) is 20.3 Å². The van der Waals surface area contributed by atoms with Crippen LogP contribution in [0.25, 0.3) is 11.2 Å². The third-order valence-electron chi connectivity index (χ3n) is 5.83. The van der Waals surface area contributed by atoms with Crippen molar-refractivity contribution < 1.29 is 8.78 Å². The molecule has 0 N–H and O–H groups in total. The van der Waals surface area contributed by atoms with E-state index in [4.69, 9.17) is 0 Å². The first-order chi connectivity index (χ1) is 14.0. The van der Waals surface area contributed by atoms with E-state index in [1.54, 1.807) is 6.20 Å². The number of hydrogen-bond donors (Lipinski definition) is 0. The molecule has 0 radical (unpaired) electrons. The molecule has 0 aliphatic carbocycles. The van der Waals surface area contributed by atoms with Gasteiger partial charge < -0.3 is 9.80 Å². The molecule has 0 aromatic carbocycles. The largest absolute Gasteiger partial charge is 0.368 e. The summed E-state index contributed by atoms with van der Waals surface area (Å²) < 4.78 is 26.8. The molecule has 0 unspecified atom stereocenters. The molecule has 10 heteroatoms. The quantitative estimate of drug-likeness (QED) is 0.650. The van der Waals surface area contributed by atoms with Crippen LogP contribution in [-0.2, 0) is 13.0 Å². The van der Waals surface area contributed by atoms with E-state index in [0.29, 0.717) is 11.2 Å². The van der Waals surface area contributed by atoms with Gasteiger partial charge in [0.15, 0.2) is 5.65 Å². The minimum atomic E-state index is -2.48. The minimum Gasteiger partial charge on any atom is -0.368 e. The second-order valence-corrected chi connectivity index (χ2v) is 7.89. The zero-order valence-corrected chi connectivity index (χ0v) is 16.2. The second kappa shape index (κ2) is 6.85. The molecule has 2 saturated heterocycles. The molecule has 2 fully saturated rings. The number of nitrogens with zero attached hydrogens (tertiary/aromatic N) is 8.